The van der Waals surface area contributed by atoms with Gasteiger partial charge in [-0.15, -0.1) is 0 Å². The summed E-state index contributed by atoms with van der Waals surface area (Å²) in [6.07, 6.45) is 1.56. The maximum absolute atomic E-state index is 12.2. The van der Waals surface area contributed by atoms with Gasteiger partial charge in [-0.05, 0) is 49.4 Å². The fourth-order valence-electron chi connectivity index (χ4n) is 2.48. The highest BCUT2D eigenvalue weighted by Crippen LogP contribution is 2.12. The highest BCUT2D eigenvalue weighted by atomic mass is 16.3. The number of aryl methyl sites for hydroxylation is 1. The SMILES string of the molecule is Cc1ccc(NC(=O)CNc2cccc(C(=O)NCc3ccco3)c2)cc1. The number of rotatable bonds is 7. The van der Waals surface area contributed by atoms with Gasteiger partial charge in [0.15, 0.2) is 0 Å². The van der Waals surface area contributed by atoms with Crippen LogP contribution in [0.3, 0.4) is 0 Å². The molecule has 0 aliphatic heterocycles. The van der Waals surface area contributed by atoms with Gasteiger partial charge >= 0.3 is 0 Å². The Kier molecular flexibility index (Phi) is 5.89. The van der Waals surface area contributed by atoms with Crippen molar-refractivity contribution in [1.29, 1.82) is 0 Å². The molecule has 0 aliphatic carbocycles. The van der Waals surface area contributed by atoms with Gasteiger partial charge in [-0.3, -0.25) is 9.59 Å². The number of nitrogens with one attached hydrogen (secondary N) is 3. The van der Waals surface area contributed by atoms with E-state index in [2.05, 4.69) is 16.0 Å². The zero-order valence-electron chi connectivity index (χ0n) is 15.0. The maximum atomic E-state index is 12.2. The third kappa shape index (κ3) is 5.47. The van der Waals surface area contributed by atoms with Gasteiger partial charge in [0.05, 0.1) is 19.4 Å². The predicted octanol–water partition coefficient (Wildman–Crippen LogP) is 3.57. The van der Waals surface area contributed by atoms with Gasteiger partial charge in [-0.2, -0.15) is 0 Å². The molecule has 3 rings (SSSR count). The van der Waals surface area contributed by atoms with Crippen molar-refractivity contribution in [1.82, 2.24) is 5.32 Å². The van der Waals surface area contributed by atoms with Crippen molar-refractivity contribution < 1.29 is 14.0 Å². The molecular formula is C21H21N3O3. The van der Waals surface area contributed by atoms with Crippen molar-refractivity contribution in [3.63, 3.8) is 0 Å². The summed E-state index contributed by atoms with van der Waals surface area (Å²) >= 11 is 0. The van der Waals surface area contributed by atoms with Crippen molar-refractivity contribution in [2.24, 2.45) is 0 Å². The lowest BCUT2D eigenvalue weighted by molar-refractivity contribution is -0.114. The molecule has 0 bridgehead atoms. The topological polar surface area (TPSA) is 83.4 Å². The van der Waals surface area contributed by atoms with Crippen LogP contribution in [-0.4, -0.2) is 18.4 Å². The minimum atomic E-state index is -0.209. The number of carbonyl (C=O) groups excluding carboxylic acids is 2. The summed E-state index contributed by atoms with van der Waals surface area (Å²) in [4.78, 5) is 24.3. The van der Waals surface area contributed by atoms with Crippen LogP contribution in [0, 0.1) is 6.92 Å². The second-order valence-electron chi connectivity index (χ2n) is 6.11. The van der Waals surface area contributed by atoms with Crippen LogP contribution in [0.5, 0.6) is 0 Å². The average Bonchev–Trinajstić information content (AvgIpc) is 3.20. The van der Waals surface area contributed by atoms with Crippen LogP contribution >= 0.6 is 0 Å². The number of hydrogen-bond acceptors (Lipinski definition) is 4. The molecule has 3 aromatic rings. The minimum Gasteiger partial charge on any atom is -0.467 e. The van der Waals surface area contributed by atoms with Crippen LogP contribution in [0.4, 0.5) is 11.4 Å². The normalized spacial score (nSPS) is 10.3. The zero-order chi connectivity index (χ0) is 19.1. The summed E-state index contributed by atoms with van der Waals surface area (Å²) in [5.41, 5.74) is 3.08. The van der Waals surface area contributed by atoms with Gasteiger partial charge in [0.1, 0.15) is 5.76 Å². The Labute approximate surface area is 157 Å². The van der Waals surface area contributed by atoms with Crippen molar-refractivity contribution in [3.8, 4) is 0 Å². The summed E-state index contributed by atoms with van der Waals surface area (Å²) in [6.45, 7) is 2.42. The first-order valence-corrected chi connectivity index (χ1v) is 8.61. The van der Waals surface area contributed by atoms with Gasteiger partial charge in [0.2, 0.25) is 5.91 Å². The Morgan fingerprint density at radius 1 is 0.963 bits per heavy atom. The molecule has 27 heavy (non-hydrogen) atoms. The van der Waals surface area contributed by atoms with Crippen LogP contribution in [0.2, 0.25) is 0 Å². The number of anilines is 2. The number of hydrogen-bond donors (Lipinski definition) is 3. The van der Waals surface area contributed by atoms with E-state index in [1.54, 1.807) is 36.6 Å². The fraction of sp³-hybridized carbons (Fsp3) is 0.143. The number of benzene rings is 2. The van der Waals surface area contributed by atoms with Crippen LogP contribution in [-0.2, 0) is 11.3 Å². The minimum absolute atomic E-state index is 0.103. The standard InChI is InChI=1S/C21H21N3O3/c1-15-7-9-17(10-8-15)24-20(25)14-22-18-5-2-4-16(12-18)21(26)23-13-19-6-3-11-27-19/h2-12,22H,13-14H2,1H3,(H,23,26)(H,24,25). The van der Waals surface area contributed by atoms with E-state index >= 15 is 0 Å². The lowest BCUT2D eigenvalue weighted by atomic mass is 10.2. The van der Waals surface area contributed by atoms with E-state index in [4.69, 9.17) is 4.42 Å². The summed E-state index contributed by atoms with van der Waals surface area (Å²) in [5.74, 6) is 0.316. The van der Waals surface area contributed by atoms with E-state index in [0.29, 0.717) is 23.6 Å². The predicted molar refractivity (Wildman–Crippen MR) is 105 cm³/mol. The molecule has 0 aliphatic rings. The van der Waals surface area contributed by atoms with Crippen LogP contribution < -0.4 is 16.0 Å². The largest absolute Gasteiger partial charge is 0.467 e. The van der Waals surface area contributed by atoms with Gasteiger partial charge in [0.25, 0.3) is 5.91 Å². The first-order chi connectivity index (χ1) is 13.1. The molecule has 0 atom stereocenters. The molecule has 6 nitrogen and oxygen atoms in total. The van der Waals surface area contributed by atoms with E-state index in [1.165, 1.54) is 0 Å². The van der Waals surface area contributed by atoms with Crippen LogP contribution in [0.15, 0.2) is 71.3 Å². The van der Waals surface area contributed by atoms with Gasteiger partial charge in [-0.25, -0.2) is 0 Å². The van der Waals surface area contributed by atoms with E-state index in [-0.39, 0.29) is 18.4 Å². The Morgan fingerprint density at radius 3 is 2.52 bits per heavy atom. The summed E-state index contributed by atoms with van der Waals surface area (Å²) < 4.78 is 5.19. The average molecular weight is 363 g/mol. The highest BCUT2D eigenvalue weighted by molar-refractivity contribution is 5.96. The quantitative estimate of drug-likeness (QED) is 0.599. The third-order valence-corrected chi connectivity index (χ3v) is 3.92. The lowest BCUT2D eigenvalue weighted by Gasteiger charge is -2.09. The van der Waals surface area contributed by atoms with E-state index in [9.17, 15) is 9.59 Å². The second-order valence-corrected chi connectivity index (χ2v) is 6.11. The lowest BCUT2D eigenvalue weighted by Crippen LogP contribution is -2.23. The molecule has 1 aromatic heterocycles. The van der Waals surface area contributed by atoms with Crippen molar-refractivity contribution in [2.45, 2.75) is 13.5 Å². The Morgan fingerprint density at radius 2 is 1.78 bits per heavy atom. The van der Waals surface area contributed by atoms with E-state index < -0.39 is 0 Å². The Bertz CT molecular complexity index is 903. The molecule has 138 valence electrons. The monoisotopic (exact) mass is 363 g/mol. The van der Waals surface area contributed by atoms with E-state index in [1.807, 2.05) is 37.3 Å². The van der Waals surface area contributed by atoms with Crippen LogP contribution in [0.25, 0.3) is 0 Å². The maximum Gasteiger partial charge on any atom is 0.251 e. The molecule has 3 N–H and O–H groups in total. The molecule has 0 radical (unpaired) electrons. The third-order valence-electron chi connectivity index (χ3n) is 3.92. The summed E-state index contributed by atoms with van der Waals surface area (Å²) in [5, 5.41) is 8.64. The van der Waals surface area contributed by atoms with E-state index in [0.717, 1.165) is 11.3 Å². The molecular weight excluding hydrogens is 342 g/mol. The smallest absolute Gasteiger partial charge is 0.251 e. The first-order valence-electron chi connectivity index (χ1n) is 8.61. The summed E-state index contributed by atoms with van der Waals surface area (Å²) in [7, 11) is 0. The number of furan rings is 1. The molecule has 0 saturated carbocycles. The molecule has 2 aromatic carbocycles. The van der Waals surface area contributed by atoms with Crippen molar-refractivity contribution >= 4 is 23.2 Å². The molecule has 1 heterocycles. The van der Waals surface area contributed by atoms with Gasteiger partial charge < -0.3 is 20.4 Å². The van der Waals surface area contributed by atoms with Gasteiger partial charge in [-0.1, -0.05) is 23.8 Å². The Hall–Kier alpha value is -3.54. The number of carbonyl (C=O) groups is 2. The Balaban J connectivity index is 1.51. The molecule has 0 unspecified atom stereocenters. The molecule has 0 saturated heterocycles. The van der Waals surface area contributed by atoms with Crippen LogP contribution in [0.1, 0.15) is 21.7 Å². The fourth-order valence-corrected chi connectivity index (χ4v) is 2.48. The summed E-state index contributed by atoms with van der Waals surface area (Å²) in [6, 6.07) is 18.2. The number of amides is 2. The molecule has 2 amide bonds. The molecule has 0 fully saturated rings. The molecule has 0 spiro atoms. The zero-order valence-corrected chi connectivity index (χ0v) is 15.0. The molecule has 6 heteroatoms. The van der Waals surface area contributed by atoms with Gasteiger partial charge in [0, 0.05) is 16.9 Å². The van der Waals surface area contributed by atoms with Crippen molar-refractivity contribution in [3.05, 3.63) is 83.8 Å². The second kappa shape index (κ2) is 8.71. The van der Waals surface area contributed by atoms with Crippen molar-refractivity contribution in [2.75, 3.05) is 17.2 Å². The highest BCUT2D eigenvalue weighted by Gasteiger charge is 2.08. The first kappa shape index (κ1) is 18.3.